The summed E-state index contributed by atoms with van der Waals surface area (Å²) >= 11 is 0. The number of H-pyrrole nitrogens is 1. The number of hydrogen-bond donors (Lipinski definition) is 2. The number of aromatic nitrogens is 2. The van der Waals surface area contributed by atoms with E-state index in [4.69, 9.17) is 4.74 Å². The second-order valence-corrected chi connectivity index (χ2v) is 5.91. The molecule has 8 heteroatoms. The van der Waals surface area contributed by atoms with Gasteiger partial charge in [-0.1, -0.05) is 6.07 Å². The zero-order chi connectivity index (χ0) is 18.0. The third-order valence-corrected chi connectivity index (χ3v) is 4.30. The molecule has 1 aliphatic heterocycles. The van der Waals surface area contributed by atoms with Gasteiger partial charge < -0.3 is 14.8 Å². The van der Waals surface area contributed by atoms with E-state index in [1.807, 2.05) is 4.90 Å². The van der Waals surface area contributed by atoms with Gasteiger partial charge in [0.05, 0.1) is 18.4 Å². The number of carboxylic acid groups (broad SMARTS) is 1. The number of nitrogens with zero attached hydrogens (tertiary/aromatic N) is 2. The first kappa shape index (κ1) is 17.0. The minimum Gasteiger partial charge on any atom is -0.497 e. The molecule has 1 aliphatic rings. The number of carbonyl (C=O) groups is 1. The fourth-order valence-electron chi connectivity index (χ4n) is 3.05. The van der Waals surface area contributed by atoms with E-state index in [1.165, 1.54) is 7.11 Å². The van der Waals surface area contributed by atoms with Gasteiger partial charge in [-0.05, 0) is 38.1 Å². The molecule has 132 valence electrons. The summed E-state index contributed by atoms with van der Waals surface area (Å²) in [7, 11) is 1.48. The molecule has 0 atom stereocenters. The highest BCUT2D eigenvalue weighted by Crippen LogP contribution is 2.16. The van der Waals surface area contributed by atoms with E-state index >= 15 is 0 Å². The summed E-state index contributed by atoms with van der Waals surface area (Å²) in [5.74, 6) is -0.826. The van der Waals surface area contributed by atoms with Gasteiger partial charge in [0.1, 0.15) is 11.4 Å². The summed E-state index contributed by atoms with van der Waals surface area (Å²) in [6, 6.07) is 6.50. The van der Waals surface area contributed by atoms with Crippen molar-refractivity contribution in [3.05, 3.63) is 56.4 Å². The molecule has 0 unspecified atom stereocenters. The highest BCUT2D eigenvalue weighted by atomic mass is 16.5. The Kier molecular flexibility index (Phi) is 4.71. The zero-order valence-electron chi connectivity index (χ0n) is 13.8. The molecule has 2 N–H and O–H groups in total. The van der Waals surface area contributed by atoms with Crippen LogP contribution in [0.5, 0.6) is 5.75 Å². The molecule has 1 aromatic heterocycles. The van der Waals surface area contributed by atoms with E-state index in [-0.39, 0.29) is 17.8 Å². The van der Waals surface area contributed by atoms with Crippen molar-refractivity contribution in [2.45, 2.75) is 19.4 Å². The van der Waals surface area contributed by atoms with E-state index in [0.29, 0.717) is 11.4 Å². The molecule has 0 amide bonds. The van der Waals surface area contributed by atoms with Crippen LogP contribution in [-0.2, 0) is 6.54 Å². The summed E-state index contributed by atoms with van der Waals surface area (Å²) in [6.07, 6.45) is 2.02. The zero-order valence-corrected chi connectivity index (χ0v) is 13.8. The minimum absolute atomic E-state index is 0.0804. The second-order valence-electron chi connectivity index (χ2n) is 5.91. The molecular formula is C17H19N3O5. The van der Waals surface area contributed by atoms with Gasteiger partial charge >= 0.3 is 11.7 Å². The number of benzene rings is 1. The third-order valence-electron chi connectivity index (χ3n) is 4.30. The van der Waals surface area contributed by atoms with Gasteiger partial charge in [-0.25, -0.2) is 14.2 Å². The summed E-state index contributed by atoms with van der Waals surface area (Å²) in [5, 5.41) is 9.38. The van der Waals surface area contributed by atoms with Crippen molar-refractivity contribution in [3.63, 3.8) is 0 Å². The molecule has 0 spiro atoms. The van der Waals surface area contributed by atoms with E-state index in [2.05, 4.69) is 4.98 Å². The van der Waals surface area contributed by atoms with Gasteiger partial charge in [-0.3, -0.25) is 9.69 Å². The van der Waals surface area contributed by atoms with Crippen molar-refractivity contribution in [3.8, 4) is 11.4 Å². The molecule has 1 aromatic carbocycles. The molecule has 2 heterocycles. The lowest BCUT2D eigenvalue weighted by Gasteiger charge is -2.17. The Bertz CT molecular complexity index is 909. The Morgan fingerprint density at radius 2 is 2.00 bits per heavy atom. The Morgan fingerprint density at radius 3 is 2.64 bits per heavy atom. The fraction of sp³-hybridized carbons (Fsp3) is 0.353. The van der Waals surface area contributed by atoms with Crippen LogP contribution in [-0.4, -0.2) is 45.7 Å². The summed E-state index contributed by atoms with van der Waals surface area (Å²) in [5.41, 5.74) is -1.36. The standard InChI is InChI=1S/C17H19N3O5/c1-25-12-6-4-5-11(9-12)20-15(21)13(10-19-7-2-3-8-19)14(16(22)23)18-17(20)24/h4-6,9H,2-3,7-8,10H2,1H3,(H,18,24)(H,22,23). The van der Waals surface area contributed by atoms with Crippen molar-refractivity contribution in [1.82, 2.24) is 14.5 Å². The maximum atomic E-state index is 12.9. The number of likely N-dealkylation sites (tertiary alicyclic amines) is 1. The first-order chi connectivity index (χ1) is 12.0. The number of carboxylic acids is 1. The molecule has 0 bridgehead atoms. The molecule has 1 saturated heterocycles. The lowest BCUT2D eigenvalue weighted by Crippen LogP contribution is -2.40. The van der Waals surface area contributed by atoms with E-state index in [0.717, 1.165) is 30.5 Å². The van der Waals surface area contributed by atoms with Gasteiger partial charge in [-0.2, -0.15) is 0 Å². The fourth-order valence-corrected chi connectivity index (χ4v) is 3.05. The average molecular weight is 345 g/mol. The van der Waals surface area contributed by atoms with Crippen molar-refractivity contribution in [2.75, 3.05) is 20.2 Å². The molecule has 0 saturated carbocycles. The highest BCUT2D eigenvalue weighted by Gasteiger charge is 2.23. The predicted octanol–water partition coefficient (Wildman–Crippen LogP) is 0.828. The van der Waals surface area contributed by atoms with Crippen LogP contribution in [0.4, 0.5) is 0 Å². The van der Waals surface area contributed by atoms with Crippen LogP contribution in [0.25, 0.3) is 5.69 Å². The van der Waals surface area contributed by atoms with Crippen LogP contribution in [0.3, 0.4) is 0 Å². The van der Waals surface area contributed by atoms with E-state index in [1.54, 1.807) is 24.3 Å². The number of ether oxygens (including phenoxy) is 1. The first-order valence-corrected chi connectivity index (χ1v) is 7.99. The molecule has 2 aromatic rings. The molecule has 25 heavy (non-hydrogen) atoms. The van der Waals surface area contributed by atoms with Crippen molar-refractivity contribution >= 4 is 5.97 Å². The summed E-state index contributed by atoms with van der Waals surface area (Å²) in [4.78, 5) is 41.1. The SMILES string of the molecule is COc1cccc(-n2c(=O)[nH]c(C(=O)O)c(CN3CCCC3)c2=O)c1. The maximum Gasteiger partial charge on any atom is 0.352 e. The summed E-state index contributed by atoms with van der Waals surface area (Å²) < 4.78 is 6.07. The number of hydrogen-bond acceptors (Lipinski definition) is 5. The van der Waals surface area contributed by atoms with Crippen LogP contribution in [0.2, 0.25) is 0 Å². The topological polar surface area (TPSA) is 105 Å². The van der Waals surface area contributed by atoms with Crippen molar-refractivity contribution in [2.24, 2.45) is 0 Å². The molecule has 1 fully saturated rings. The van der Waals surface area contributed by atoms with Gasteiger partial charge in [-0.15, -0.1) is 0 Å². The Labute approximate surface area is 143 Å². The quantitative estimate of drug-likeness (QED) is 0.832. The van der Waals surface area contributed by atoms with Gasteiger partial charge in [0.25, 0.3) is 5.56 Å². The normalized spacial score (nSPS) is 14.6. The highest BCUT2D eigenvalue weighted by molar-refractivity contribution is 5.86. The lowest BCUT2D eigenvalue weighted by molar-refractivity contribution is 0.0687. The average Bonchev–Trinajstić information content (AvgIpc) is 3.10. The number of aromatic amines is 1. The van der Waals surface area contributed by atoms with Crippen LogP contribution in [0.15, 0.2) is 33.9 Å². The third kappa shape index (κ3) is 3.34. The number of methoxy groups -OCH3 is 1. The smallest absolute Gasteiger partial charge is 0.352 e. The Hall–Kier alpha value is -2.87. The Balaban J connectivity index is 2.17. The van der Waals surface area contributed by atoms with Crippen LogP contribution in [0.1, 0.15) is 28.9 Å². The largest absolute Gasteiger partial charge is 0.497 e. The number of nitrogens with one attached hydrogen (secondary N) is 1. The summed E-state index contributed by atoms with van der Waals surface area (Å²) in [6.45, 7) is 1.80. The lowest BCUT2D eigenvalue weighted by atomic mass is 10.2. The van der Waals surface area contributed by atoms with Crippen LogP contribution >= 0.6 is 0 Å². The van der Waals surface area contributed by atoms with Crippen LogP contribution in [0, 0.1) is 0 Å². The van der Waals surface area contributed by atoms with E-state index in [9.17, 15) is 19.5 Å². The molecule has 0 radical (unpaired) electrons. The number of aromatic carboxylic acids is 1. The van der Waals surface area contributed by atoms with Crippen molar-refractivity contribution < 1.29 is 14.6 Å². The van der Waals surface area contributed by atoms with Crippen molar-refractivity contribution in [1.29, 1.82) is 0 Å². The van der Waals surface area contributed by atoms with Gasteiger partial charge in [0.15, 0.2) is 0 Å². The number of rotatable bonds is 5. The molecular weight excluding hydrogens is 326 g/mol. The molecule has 3 rings (SSSR count). The van der Waals surface area contributed by atoms with Gasteiger partial charge in [0, 0.05) is 12.6 Å². The van der Waals surface area contributed by atoms with Gasteiger partial charge in [0.2, 0.25) is 0 Å². The Morgan fingerprint density at radius 1 is 1.28 bits per heavy atom. The minimum atomic E-state index is -1.32. The first-order valence-electron chi connectivity index (χ1n) is 7.99. The molecule has 8 nitrogen and oxygen atoms in total. The van der Waals surface area contributed by atoms with E-state index < -0.39 is 17.2 Å². The maximum absolute atomic E-state index is 12.9. The van der Waals surface area contributed by atoms with Crippen LogP contribution < -0.4 is 16.0 Å². The molecule has 0 aliphatic carbocycles. The predicted molar refractivity (Wildman–Crippen MR) is 90.7 cm³/mol. The second kappa shape index (κ2) is 6.94. The monoisotopic (exact) mass is 345 g/mol.